The molecule has 0 aliphatic rings. The van der Waals surface area contributed by atoms with Gasteiger partial charge in [0.15, 0.2) is 0 Å². The molecule has 0 heterocycles. The molecule has 102 valence electrons. The van der Waals surface area contributed by atoms with Crippen LogP contribution in [-0.2, 0) is 6.42 Å². The Labute approximate surface area is 114 Å². The molecular formula is C14H24N2OS. The monoisotopic (exact) mass is 268 g/mol. The van der Waals surface area contributed by atoms with Gasteiger partial charge in [-0.15, -0.1) is 11.8 Å². The lowest BCUT2D eigenvalue weighted by atomic mass is 10.1. The Balaban J connectivity index is 2.26. The molecule has 4 heteroatoms. The lowest BCUT2D eigenvalue weighted by Crippen LogP contribution is -2.33. The van der Waals surface area contributed by atoms with E-state index < -0.39 is 6.10 Å². The van der Waals surface area contributed by atoms with Gasteiger partial charge in [-0.05, 0) is 30.7 Å². The smallest absolute Gasteiger partial charge is 0.0786 e. The van der Waals surface area contributed by atoms with Crippen molar-refractivity contribution in [3.63, 3.8) is 0 Å². The Bertz CT molecular complexity index is 327. The van der Waals surface area contributed by atoms with Crippen LogP contribution in [0.1, 0.15) is 19.4 Å². The van der Waals surface area contributed by atoms with Gasteiger partial charge in [0.25, 0.3) is 0 Å². The molecule has 0 saturated carbocycles. The zero-order chi connectivity index (χ0) is 13.4. The molecule has 4 N–H and O–H groups in total. The fourth-order valence-corrected chi connectivity index (χ4v) is 2.43. The van der Waals surface area contributed by atoms with Crippen LogP contribution < -0.4 is 11.1 Å². The molecule has 1 aromatic rings. The number of hydrogen-bond acceptors (Lipinski definition) is 4. The fraction of sp³-hybridized carbons (Fsp3) is 0.571. The van der Waals surface area contributed by atoms with Crippen molar-refractivity contribution >= 4 is 11.8 Å². The number of benzene rings is 1. The predicted octanol–water partition coefficient (Wildman–Crippen LogP) is 1.64. The maximum atomic E-state index is 9.29. The largest absolute Gasteiger partial charge is 0.390 e. The Morgan fingerprint density at radius 1 is 1.28 bits per heavy atom. The van der Waals surface area contributed by atoms with E-state index in [-0.39, 0.29) is 0 Å². The van der Waals surface area contributed by atoms with Gasteiger partial charge in [-0.1, -0.05) is 26.0 Å². The summed E-state index contributed by atoms with van der Waals surface area (Å²) in [6.45, 7) is 6.15. The highest BCUT2D eigenvalue weighted by Crippen LogP contribution is 2.22. The highest BCUT2D eigenvalue weighted by Gasteiger charge is 2.01. The van der Waals surface area contributed by atoms with Gasteiger partial charge in [0.05, 0.1) is 6.10 Å². The number of aliphatic hydroxyl groups excluding tert-OH is 1. The first-order valence-corrected chi connectivity index (χ1v) is 7.34. The van der Waals surface area contributed by atoms with Crippen molar-refractivity contribution in [2.75, 3.05) is 19.6 Å². The first-order chi connectivity index (χ1) is 8.61. The molecule has 0 bridgehead atoms. The average Bonchev–Trinajstić information content (AvgIpc) is 2.35. The Kier molecular flexibility index (Phi) is 7.35. The van der Waals surface area contributed by atoms with Crippen molar-refractivity contribution < 1.29 is 5.11 Å². The van der Waals surface area contributed by atoms with Crippen molar-refractivity contribution in [2.45, 2.75) is 36.5 Å². The molecule has 1 rings (SSSR count). The third-order valence-corrected chi connectivity index (χ3v) is 3.55. The van der Waals surface area contributed by atoms with Crippen LogP contribution in [-0.4, -0.2) is 36.1 Å². The molecule has 1 unspecified atom stereocenters. The van der Waals surface area contributed by atoms with Crippen molar-refractivity contribution in [2.24, 2.45) is 5.73 Å². The third kappa shape index (κ3) is 6.40. The van der Waals surface area contributed by atoms with E-state index in [1.807, 2.05) is 11.8 Å². The minimum absolute atomic E-state index is 0.314. The topological polar surface area (TPSA) is 58.3 Å². The summed E-state index contributed by atoms with van der Waals surface area (Å²) in [7, 11) is 0. The van der Waals surface area contributed by atoms with Crippen LogP contribution in [0.2, 0.25) is 0 Å². The number of thioether (sulfide) groups is 1. The van der Waals surface area contributed by atoms with Gasteiger partial charge in [-0.25, -0.2) is 0 Å². The SMILES string of the molecule is CC(C)Sc1ccc(CCNCC(O)CN)cc1. The molecule has 1 aromatic carbocycles. The quantitative estimate of drug-likeness (QED) is 0.495. The number of nitrogens with one attached hydrogen (secondary N) is 1. The maximum absolute atomic E-state index is 9.29. The van der Waals surface area contributed by atoms with Crippen molar-refractivity contribution in [3.05, 3.63) is 29.8 Å². The lowest BCUT2D eigenvalue weighted by Gasteiger charge is -2.09. The molecule has 1 atom stereocenters. The summed E-state index contributed by atoms with van der Waals surface area (Å²) in [6.07, 6.45) is 0.541. The zero-order valence-corrected chi connectivity index (χ0v) is 12.0. The Morgan fingerprint density at radius 2 is 1.94 bits per heavy atom. The van der Waals surface area contributed by atoms with Gasteiger partial charge < -0.3 is 16.2 Å². The molecular weight excluding hydrogens is 244 g/mol. The minimum Gasteiger partial charge on any atom is -0.390 e. The van der Waals surface area contributed by atoms with E-state index in [9.17, 15) is 5.11 Å². The number of hydrogen-bond donors (Lipinski definition) is 3. The molecule has 0 amide bonds. The number of nitrogens with two attached hydrogens (primary N) is 1. The molecule has 3 nitrogen and oxygen atoms in total. The summed E-state index contributed by atoms with van der Waals surface area (Å²) < 4.78 is 0. The number of rotatable bonds is 8. The Hall–Kier alpha value is -0.550. The Morgan fingerprint density at radius 3 is 2.50 bits per heavy atom. The van der Waals surface area contributed by atoms with Crippen molar-refractivity contribution in [1.82, 2.24) is 5.32 Å². The van der Waals surface area contributed by atoms with E-state index in [1.165, 1.54) is 10.5 Å². The summed E-state index contributed by atoms with van der Waals surface area (Å²) in [4.78, 5) is 1.32. The van der Waals surface area contributed by atoms with Crippen LogP contribution in [0.3, 0.4) is 0 Å². The van der Waals surface area contributed by atoms with Crippen LogP contribution in [0.5, 0.6) is 0 Å². The highest BCUT2D eigenvalue weighted by molar-refractivity contribution is 7.99. The van der Waals surface area contributed by atoms with Crippen LogP contribution in [0.15, 0.2) is 29.2 Å². The van der Waals surface area contributed by atoms with E-state index in [4.69, 9.17) is 5.73 Å². The van der Waals surface area contributed by atoms with Crippen LogP contribution in [0.25, 0.3) is 0 Å². The second kappa shape index (κ2) is 8.53. The van der Waals surface area contributed by atoms with E-state index in [0.29, 0.717) is 18.3 Å². The summed E-state index contributed by atoms with van der Waals surface area (Å²) in [5, 5.41) is 13.1. The van der Waals surface area contributed by atoms with E-state index in [1.54, 1.807) is 0 Å². The summed E-state index contributed by atoms with van der Waals surface area (Å²) in [6, 6.07) is 8.70. The van der Waals surface area contributed by atoms with Crippen molar-refractivity contribution in [3.8, 4) is 0 Å². The standard InChI is InChI=1S/C14H24N2OS/c1-11(2)18-14-5-3-12(4-6-14)7-8-16-10-13(17)9-15/h3-6,11,13,16-17H,7-10,15H2,1-2H3. The van der Waals surface area contributed by atoms with Crippen LogP contribution in [0.4, 0.5) is 0 Å². The molecule has 0 aromatic heterocycles. The molecule has 0 aliphatic heterocycles. The summed E-state index contributed by atoms with van der Waals surface area (Å²) in [5.74, 6) is 0. The summed E-state index contributed by atoms with van der Waals surface area (Å²) >= 11 is 1.88. The predicted molar refractivity (Wildman–Crippen MR) is 79.1 cm³/mol. The fourth-order valence-electron chi connectivity index (χ4n) is 1.59. The average molecular weight is 268 g/mol. The van der Waals surface area contributed by atoms with Crippen LogP contribution in [0, 0.1) is 0 Å². The van der Waals surface area contributed by atoms with E-state index in [2.05, 4.69) is 43.4 Å². The third-order valence-electron chi connectivity index (χ3n) is 2.54. The van der Waals surface area contributed by atoms with Gasteiger partial charge in [0.1, 0.15) is 0 Å². The molecule has 18 heavy (non-hydrogen) atoms. The normalized spacial score (nSPS) is 12.9. The minimum atomic E-state index is -0.435. The van der Waals surface area contributed by atoms with Gasteiger partial charge in [-0.2, -0.15) is 0 Å². The maximum Gasteiger partial charge on any atom is 0.0786 e. The first-order valence-electron chi connectivity index (χ1n) is 6.46. The molecule has 0 saturated heterocycles. The zero-order valence-electron chi connectivity index (χ0n) is 11.2. The van der Waals surface area contributed by atoms with Crippen LogP contribution >= 0.6 is 11.8 Å². The van der Waals surface area contributed by atoms with Crippen molar-refractivity contribution in [1.29, 1.82) is 0 Å². The van der Waals surface area contributed by atoms with Gasteiger partial charge in [0, 0.05) is 23.2 Å². The second-order valence-corrected chi connectivity index (χ2v) is 6.30. The van der Waals surface area contributed by atoms with E-state index >= 15 is 0 Å². The molecule has 0 spiro atoms. The highest BCUT2D eigenvalue weighted by atomic mass is 32.2. The van der Waals surface area contributed by atoms with Gasteiger partial charge >= 0.3 is 0 Å². The van der Waals surface area contributed by atoms with Gasteiger partial charge in [-0.3, -0.25) is 0 Å². The number of aliphatic hydroxyl groups is 1. The molecule has 0 fully saturated rings. The second-order valence-electron chi connectivity index (χ2n) is 4.65. The molecule has 0 radical (unpaired) electrons. The first kappa shape index (κ1) is 15.5. The van der Waals surface area contributed by atoms with Gasteiger partial charge in [0.2, 0.25) is 0 Å². The molecule has 0 aliphatic carbocycles. The lowest BCUT2D eigenvalue weighted by molar-refractivity contribution is 0.180. The van der Waals surface area contributed by atoms with E-state index in [0.717, 1.165) is 13.0 Å². The summed E-state index contributed by atoms with van der Waals surface area (Å²) in [5.41, 5.74) is 6.65.